The molecule has 0 N–H and O–H groups in total. The molecule has 0 aliphatic carbocycles. The minimum absolute atomic E-state index is 0.276. The molecule has 0 saturated heterocycles. The summed E-state index contributed by atoms with van der Waals surface area (Å²) in [5, 5.41) is 5.03. The lowest BCUT2D eigenvalue weighted by Crippen LogP contribution is -2.39. The van der Waals surface area contributed by atoms with Crippen molar-refractivity contribution in [1.29, 1.82) is 0 Å². The predicted molar refractivity (Wildman–Crippen MR) is 105 cm³/mol. The normalized spacial score (nSPS) is 11.0. The van der Waals surface area contributed by atoms with Gasteiger partial charge in [-0.2, -0.15) is 0 Å². The first-order chi connectivity index (χ1) is 12.8. The lowest BCUT2D eigenvalue weighted by molar-refractivity contribution is -0.695. The number of nitrogens with zero attached hydrogens (tertiary/aromatic N) is 3. The molecule has 0 amide bonds. The number of para-hydroxylation sites is 1. The van der Waals surface area contributed by atoms with Crippen molar-refractivity contribution in [2.75, 3.05) is 0 Å². The number of benzene rings is 3. The van der Waals surface area contributed by atoms with Crippen molar-refractivity contribution in [3.05, 3.63) is 91.0 Å². The lowest BCUT2D eigenvalue weighted by Gasteiger charge is -2.09. The van der Waals surface area contributed by atoms with Crippen LogP contribution in [-0.4, -0.2) is 9.78 Å². The van der Waals surface area contributed by atoms with Crippen LogP contribution in [0.15, 0.2) is 91.0 Å². The van der Waals surface area contributed by atoms with Crippen molar-refractivity contribution in [3.63, 3.8) is 0 Å². The summed E-state index contributed by atoms with van der Waals surface area (Å²) >= 11 is 0. The molecule has 0 radical (unpaired) electrons. The van der Waals surface area contributed by atoms with Gasteiger partial charge in [0.05, 0.1) is 22.3 Å². The van der Waals surface area contributed by atoms with Crippen molar-refractivity contribution in [2.45, 2.75) is 19.9 Å². The minimum Gasteiger partial charge on any atom is -0.221 e. The molecule has 1 heterocycles. The Kier molecular flexibility index (Phi) is 4.36. The molecule has 4 rings (SSSR count). The van der Waals surface area contributed by atoms with E-state index in [1.54, 1.807) is 0 Å². The van der Waals surface area contributed by atoms with E-state index < -0.39 is 0 Å². The third-order valence-electron chi connectivity index (χ3n) is 4.43. The molecule has 3 heteroatoms. The molecule has 3 nitrogen and oxygen atoms in total. The average molecular weight is 340 g/mol. The quantitative estimate of drug-likeness (QED) is 0.475. The Morgan fingerprint density at radius 1 is 0.692 bits per heavy atom. The molecule has 0 bridgehead atoms. The summed E-state index contributed by atoms with van der Waals surface area (Å²) in [4.78, 5) is 0. The van der Waals surface area contributed by atoms with Crippen LogP contribution in [0.1, 0.15) is 19.9 Å². The second-order valence-electron chi connectivity index (χ2n) is 6.59. The Balaban J connectivity index is 2.05. The predicted octanol–water partition coefficient (Wildman–Crippen LogP) is 5.07. The topological polar surface area (TPSA) is 21.7 Å². The van der Waals surface area contributed by atoms with Gasteiger partial charge in [-0.3, -0.25) is 0 Å². The van der Waals surface area contributed by atoms with Crippen LogP contribution in [0.4, 0.5) is 0 Å². The highest BCUT2D eigenvalue weighted by Gasteiger charge is 2.30. The molecule has 0 fully saturated rings. The van der Waals surface area contributed by atoms with E-state index >= 15 is 0 Å². The summed E-state index contributed by atoms with van der Waals surface area (Å²) in [6, 6.07) is 31.5. The fourth-order valence-corrected chi connectivity index (χ4v) is 3.26. The van der Waals surface area contributed by atoms with Crippen LogP contribution in [0, 0.1) is 0 Å². The summed E-state index contributed by atoms with van der Waals surface area (Å²) in [5.41, 5.74) is 3.33. The third kappa shape index (κ3) is 2.92. The molecule has 0 aliphatic rings. The lowest BCUT2D eigenvalue weighted by atomic mass is 10.1. The number of hydrogen-bond acceptors (Lipinski definition) is 1. The molecule has 0 spiro atoms. The molecule has 4 aromatic rings. The van der Waals surface area contributed by atoms with Crippen molar-refractivity contribution in [2.24, 2.45) is 0 Å². The van der Waals surface area contributed by atoms with Crippen LogP contribution in [0.5, 0.6) is 0 Å². The van der Waals surface area contributed by atoms with Crippen LogP contribution in [0.3, 0.4) is 0 Å². The monoisotopic (exact) mass is 340 g/mol. The van der Waals surface area contributed by atoms with E-state index in [1.807, 2.05) is 30.3 Å². The molecule has 1 aromatic heterocycles. The van der Waals surface area contributed by atoms with Crippen LogP contribution >= 0.6 is 0 Å². The van der Waals surface area contributed by atoms with Gasteiger partial charge in [0.2, 0.25) is 0 Å². The Morgan fingerprint density at radius 3 is 1.73 bits per heavy atom. The molecular weight excluding hydrogens is 318 g/mol. The standard InChI is InChI=1S/C23H22N3/c1-18(2)25-22(19-12-6-3-7-13-19)24-26(21-16-10-5-11-17-21)23(25)20-14-8-4-9-15-20/h3-18H,1-2H3/q+1. The van der Waals surface area contributed by atoms with Gasteiger partial charge >= 0.3 is 5.82 Å². The van der Waals surface area contributed by atoms with E-state index in [1.165, 1.54) is 0 Å². The molecule has 26 heavy (non-hydrogen) atoms. The van der Waals surface area contributed by atoms with Gasteiger partial charge in [-0.25, -0.2) is 4.57 Å². The van der Waals surface area contributed by atoms with Crippen molar-refractivity contribution in [3.8, 4) is 28.5 Å². The zero-order valence-corrected chi connectivity index (χ0v) is 15.1. The van der Waals surface area contributed by atoms with Crippen molar-refractivity contribution < 1.29 is 4.57 Å². The van der Waals surface area contributed by atoms with Gasteiger partial charge in [0.25, 0.3) is 5.82 Å². The Bertz CT molecular complexity index is 988. The van der Waals surface area contributed by atoms with Gasteiger partial charge < -0.3 is 0 Å². The smallest absolute Gasteiger partial charge is 0.221 e. The SMILES string of the molecule is CC(C)[n+]1c(-c2ccccc2)nn(-c2ccccc2)c1-c1ccccc1. The second-order valence-corrected chi connectivity index (χ2v) is 6.59. The highest BCUT2D eigenvalue weighted by molar-refractivity contribution is 5.59. The second kappa shape index (κ2) is 6.96. The highest BCUT2D eigenvalue weighted by Crippen LogP contribution is 2.25. The maximum Gasteiger partial charge on any atom is 0.310 e. The van der Waals surface area contributed by atoms with Gasteiger partial charge in [0.15, 0.2) is 0 Å². The summed E-state index contributed by atoms with van der Waals surface area (Å²) in [7, 11) is 0. The van der Waals surface area contributed by atoms with E-state index in [0.29, 0.717) is 0 Å². The van der Waals surface area contributed by atoms with E-state index in [0.717, 1.165) is 28.5 Å². The Hall–Kier alpha value is -3.20. The van der Waals surface area contributed by atoms with Gasteiger partial charge in [-0.15, -0.1) is 0 Å². The Labute approximate surface area is 154 Å². The van der Waals surface area contributed by atoms with Gasteiger partial charge in [-0.1, -0.05) is 59.3 Å². The highest BCUT2D eigenvalue weighted by atomic mass is 15.4. The molecule has 0 aliphatic heterocycles. The maximum absolute atomic E-state index is 5.03. The van der Waals surface area contributed by atoms with E-state index in [2.05, 4.69) is 83.8 Å². The fourth-order valence-electron chi connectivity index (χ4n) is 3.26. The van der Waals surface area contributed by atoms with E-state index in [-0.39, 0.29) is 6.04 Å². The summed E-state index contributed by atoms with van der Waals surface area (Å²) in [5.74, 6) is 2.06. The largest absolute Gasteiger partial charge is 0.310 e. The maximum atomic E-state index is 5.03. The summed E-state index contributed by atoms with van der Waals surface area (Å²) in [6.45, 7) is 4.41. The van der Waals surface area contributed by atoms with Crippen molar-refractivity contribution >= 4 is 0 Å². The van der Waals surface area contributed by atoms with Gasteiger partial charge in [0, 0.05) is 0 Å². The van der Waals surface area contributed by atoms with Crippen LogP contribution in [0.2, 0.25) is 0 Å². The van der Waals surface area contributed by atoms with Crippen LogP contribution < -0.4 is 4.57 Å². The Morgan fingerprint density at radius 2 is 1.19 bits per heavy atom. The molecule has 3 aromatic carbocycles. The number of rotatable bonds is 4. The molecule has 0 atom stereocenters. The summed E-state index contributed by atoms with van der Waals surface area (Å²) < 4.78 is 4.37. The van der Waals surface area contributed by atoms with E-state index in [9.17, 15) is 0 Å². The first-order valence-electron chi connectivity index (χ1n) is 8.96. The first-order valence-corrected chi connectivity index (χ1v) is 8.96. The van der Waals surface area contributed by atoms with Crippen molar-refractivity contribution in [1.82, 2.24) is 9.78 Å². The van der Waals surface area contributed by atoms with Crippen LogP contribution in [0.25, 0.3) is 28.5 Å². The zero-order chi connectivity index (χ0) is 17.9. The van der Waals surface area contributed by atoms with Crippen LogP contribution in [-0.2, 0) is 0 Å². The zero-order valence-electron chi connectivity index (χ0n) is 15.1. The van der Waals surface area contributed by atoms with Gasteiger partial charge in [-0.05, 0) is 50.2 Å². The molecule has 0 unspecified atom stereocenters. The number of aromatic nitrogens is 3. The average Bonchev–Trinajstić information content (AvgIpc) is 3.11. The fraction of sp³-hybridized carbons (Fsp3) is 0.130. The molecule has 0 saturated carbocycles. The van der Waals surface area contributed by atoms with E-state index in [4.69, 9.17) is 5.10 Å². The number of hydrogen-bond donors (Lipinski definition) is 0. The molecular formula is C23H22N3+. The third-order valence-corrected chi connectivity index (χ3v) is 4.43. The minimum atomic E-state index is 0.276. The van der Waals surface area contributed by atoms with Gasteiger partial charge in [0.1, 0.15) is 5.69 Å². The first kappa shape index (κ1) is 16.3. The molecule has 128 valence electrons. The summed E-state index contributed by atoms with van der Waals surface area (Å²) in [6.07, 6.45) is 0.